The third-order valence-corrected chi connectivity index (χ3v) is 4.45. The van der Waals surface area contributed by atoms with Gasteiger partial charge in [-0.15, -0.1) is 0 Å². The van der Waals surface area contributed by atoms with Gasteiger partial charge in [0.2, 0.25) is 0 Å². The fourth-order valence-electron chi connectivity index (χ4n) is 1.95. The summed E-state index contributed by atoms with van der Waals surface area (Å²) < 4.78 is 5.57. The molecule has 0 aromatic heterocycles. The number of rotatable bonds is 6. The van der Waals surface area contributed by atoms with Crippen LogP contribution in [0.25, 0.3) is 0 Å². The fourth-order valence-corrected chi connectivity index (χ4v) is 3.15. The van der Waals surface area contributed by atoms with Gasteiger partial charge in [-0.3, -0.25) is 5.32 Å². The summed E-state index contributed by atoms with van der Waals surface area (Å²) >= 11 is 1.84. The molecule has 1 N–H and O–H groups in total. The maximum atomic E-state index is 9.20. The van der Waals surface area contributed by atoms with Gasteiger partial charge in [-0.05, 0) is 32.6 Å². The van der Waals surface area contributed by atoms with E-state index < -0.39 is 0 Å². The maximum absolute atomic E-state index is 9.20. The van der Waals surface area contributed by atoms with Crippen LogP contribution in [0.5, 0.6) is 0 Å². The predicted octanol–water partition coefficient (Wildman–Crippen LogP) is 1.93. The first kappa shape index (κ1) is 12.2. The standard InChI is InChI=1S/C12H20N2OS/c1-12(8-13,14-10-4-5-10)9-16-7-11-3-2-6-15-11/h10-11,14H,2-7,9H2,1H3. The molecule has 4 heteroatoms. The lowest BCUT2D eigenvalue weighted by Crippen LogP contribution is -2.44. The van der Waals surface area contributed by atoms with Crippen LogP contribution in [0, 0.1) is 11.3 Å². The Balaban J connectivity index is 1.67. The lowest BCUT2D eigenvalue weighted by atomic mass is 10.1. The number of nitriles is 1. The molecule has 2 atom stereocenters. The van der Waals surface area contributed by atoms with Crippen LogP contribution in [0.4, 0.5) is 0 Å². The molecule has 3 nitrogen and oxygen atoms in total. The van der Waals surface area contributed by atoms with E-state index in [0.29, 0.717) is 12.1 Å². The molecule has 16 heavy (non-hydrogen) atoms. The smallest absolute Gasteiger partial charge is 0.113 e. The second-order valence-corrected chi connectivity index (χ2v) is 6.04. The van der Waals surface area contributed by atoms with Gasteiger partial charge in [0.15, 0.2) is 0 Å². The van der Waals surface area contributed by atoms with Crippen LogP contribution in [0.15, 0.2) is 0 Å². The molecule has 90 valence electrons. The van der Waals surface area contributed by atoms with Crippen LogP contribution in [0.3, 0.4) is 0 Å². The Labute approximate surface area is 102 Å². The monoisotopic (exact) mass is 240 g/mol. The second kappa shape index (κ2) is 5.39. The molecule has 1 aliphatic carbocycles. The molecule has 1 saturated carbocycles. The van der Waals surface area contributed by atoms with Gasteiger partial charge >= 0.3 is 0 Å². The summed E-state index contributed by atoms with van der Waals surface area (Å²) in [6.07, 6.45) is 5.27. The summed E-state index contributed by atoms with van der Waals surface area (Å²) in [6.45, 7) is 2.93. The van der Waals surface area contributed by atoms with Crippen molar-refractivity contribution in [1.82, 2.24) is 5.32 Å². The molecular formula is C12H20N2OS. The van der Waals surface area contributed by atoms with Gasteiger partial charge in [0.25, 0.3) is 0 Å². The molecular weight excluding hydrogens is 220 g/mol. The van der Waals surface area contributed by atoms with Crippen LogP contribution >= 0.6 is 11.8 Å². The maximum Gasteiger partial charge on any atom is 0.113 e. The molecule has 0 bridgehead atoms. The van der Waals surface area contributed by atoms with Crippen molar-refractivity contribution in [2.24, 2.45) is 0 Å². The van der Waals surface area contributed by atoms with E-state index in [0.717, 1.165) is 18.1 Å². The van der Waals surface area contributed by atoms with Gasteiger partial charge in [-0.2, -0.15) is 17.0 Å². The fraction of sp³-hybridized carbons (Fsp3) is 0.917. The zero-order valence-corrected chi connectivity index (χ0v) is 10.7. The highest BCUT2D eigenvalue weighted by molar-refractivity contribution is 7.99. The highest BCUT2D eigenvalue weighted by atomic mass is 32.2. The van der Waals surface area contributed by atoms with E-state index >= 15 is 0 Å². The van der Waals surface area contributed by atoms with Crippen molar-refractivity contribution >= 4 is 11.8 Å². The molecule has 1 aliphatic heterocycles. The normalized spacial score (nSPS) is 28.6. The van der Waals surface area contributed by atoms with Crippen molar-refractivity contribution in [3.05, 3.63) is 0 Å². The number of ether oxygens (including phenoxy) is 1. The third kappa shape index (κ3) is 3.65. The summed E-state index contributed by atoms with van der Waals surface area (Å²) in [5, 5.41) is 12.6. The number of thioether (sulfide) groups is 1. The molecule has 2 fully saturated rings. The van der Waals surface area contributed by atoms with Gasteiger partial charge in [0, 0.05) is 24.2 Å². The highest BCUT2D eigenvalue weighted by Gasteiger charge is 2.32. The molecule has 0 aromatic carbocycles. The first-order valence-electron chi connectivity index (χ1n) is 6.10. The zero-order valence-electron chi connectivity index (χ0n) is 9.87. The minimum Gasteiger partial charge on any atom is -0.377 e. The SMILES string of the molecule is CC(C#N)(CSCC1CCCO1)NC1CC1. The van der Waals surface area contributed by atoms with Crippen molar-refractivity contribution in [2.75, 3.05) is 18.1 Å². The van der Waals surface area contributed by atoms with Crippen molar-refractivity contribution in [3.63, 3.8) is 0 Å². The third-order valence-electron chi connectivity index (χ3n) is 3.07. The molecule has 2 aliphatic rings. The van der Waals surface area contributed by atoms with Gasteiger partial charge in [0.1, 0.15) is 5.54 Å². The van der Waals surface area contributed by atoms with Gasteiger partial charge in [0.05, 0.1) is 12.2 Å². The number of hydrogen-bond acceptors (Lipinski definition) is 4. The summed E-state index contributed by atoms with van der Waals surface area (Å²) in [6, 6.07) is 2.99. The first-order valence-corrected chi connectivity index (χ1v) is 7.26. The van der Waals surface area contributed by atoms with Crippen LogP contribution < -0.4 is 5.32 Å². The molecule has 0 aromatic rings. The average Bonchev–Trinajstić information content (AvgIpc) is 2.92. The quantitative estimate of drug-likeness (QED) is 0.770. The molecule has 0 radical (unpaired) electrons. The van der Waals surface area contributed by atoms with E-state index in [9.17, 15) is 5.26 Å². The van der Waals surface area contributed by atoms with E-state index in [1.807, 2.05) is 18.7 Å². The van der Waals surface area contributed by atoms with Crippen molar-refractivity contribution in [1.29, 1.82) is 5.26 Å². The minimum atomic E-state index is -0.357. The average molecular weight is 240 g/mol. The second-order valence-electron chi connectivity index (χ2n) is 5.01. The lowest BCUT2D eigenvalue weighted by molar-refractivity contribution is 0.129. The summed E-state index contributed by atoms with van der Waals surface area (Å²) in [5.74, 6) is 1.89. The Kier molecular flexibility index (Phi) is 4.12. The number of hydrogen-bond donors (Lipinski definition) is 1. The summed E-state index contributed by atoms with van der Waals surface area (Å²) in [4.78, 5) is 0. The Morgan fingerprint density at radius 1 is 1.50 bits per heavy atom. The summed E-state index contributed by atoms with van der Waals surface area (Å²) in [7, 11) is 0. The van der Waals surface area contributed by atoms with Crippen LogP contribution in [0.2, 0.25) is 0 Å². The van der Waals surface area contributed by atoms with Crippen molar-refractivity contribution < 1.29 is 4.74 Å². The zero-order chi connectivity index (χ0) is 11.4. The Morgan fingerprint density at radius 2 is 2.31 bits per heavy atom. The molecule has 1 saturated heterocycles. The lowest BCUT2D eigenvalue weighted by Gasteiger charge is -2.23. The van der Waals surface area contributed by atoms with Crippen molar-refractivity contribution in [2.45, 2.75) is 50.3 Å². The minimum absolute atomic E-state index is 0.357. The Hall–Kier alpha value is -0.240. The van der Waals surface area contributed by atoms with Gasteiger partial charge in [-0.1, -0.05) is 0 Å². The van der Waals surface area contributed by atoms with Gasteiger partial charge in [-0.25, -0.2) is 0 Å². The summed E-state index contributed by atoms with van der Waals surface area (Å²) in [5.41, 5.74) is -0.357. The van der Waals surface area contributed by atoms with Crippen LogP contribution in [0.1, 0.15) is 32.6 Å². The molecule has 0 spiro atoms. The topological polar surface area (TPSA) is 45.0 Å². The number of nitrogens with one attached hydrogen (secondary N) is 1. The van der Waals surface area contributed by atoms with Crippen molar-refractivity contribution in [3.8, 4) is 6.07 Å². The Morgan fingerprint density at radius 3 is 2.88 bits per heavy atom. The van der Waals surface area contributed by atoms with E-state index in [1.54, 1.807) is 0 Å². The van der Waals surface area contributed by atoms with E-state index in [1.165, 1.54) is 25.7 Å². The van der Waals surface area contributed by atoms with Crippen LogP contribution in [-0.4, -0.2) is 35.8 Å². The van der Waals surface area contributed by atoms with E-state index in [4.69, 9.17) is 4.74 Å². The largest absolute Gasteiger partial charge is 0.377 e. The molecule has 2 rings (SSSR count). The Bertz CT molecular complexity index is 269. The molecule has 2 unspecified atom stereocenters. The first-order chi connectivity index (χ1) is 7.72. The van der Waals surface area contributed by atoms with E-state index in [2.05, 4.69) is 11.4 Å². The molecule has 0 amide bonds. The van der Waals surface area contributed by atoms with Gasteiger partial charge < -0.3 is 4.74 Å². The van der Waals surface area contributed by atoms with Crippen LogP contribution in [-0.2, 0) is 4.74 Å². The number of nitrogens with zero attached hydrogens (tertiary/aromatic N) is 1. The predicted molar refractivity (Wildman–Crippen MR) is 66.5 cm³/mol. The highest BCUT2D eigenvalue weighted by Crippen LogP contribution is 2.25. The molecule has 1 heterocycles. The van der Waals surface area contributed by atoms with E-state index in [-0.39, 0.29) is 5.54 Å².